The summed E-state index contributed by atoms with van der Waals surface area (Å²) in [5.74, 6) is -0.340. The molecule has 142 valence electrons. The van der Waals surface area contributed by atoms with E-state index in [1.807, 2.05) is 24.3 Å². The molecule has 3 rings (SSSR count). The Bertz CT molecular complexity index is 845. The van der Waals surface area contributed by atoms with Gasteiger partial charge in [0.25, 0.3) is 11.6 Å². The highest BCUT2D eigenvalue weighted by molar-refractivity contribution is 6.05. The lowest BCUT2D eigenvalue weighted by atomic mass is 10.1. The molecule has 27 heavy (non-hydrogen) atoms. The zero-order chi connectivity index (χ0) is 19.4. The molecule has 0 radical (unpaired) electrons. The molecule has 1 N–H and O–H groups in total. The van der Waals surface area contributed by atoms with E-state index in [1.165, 1.54) is 12.1 Å². The number of nitrogens with zero attached hydrogens (tertiary/aromatic N) is 3. The Kier molecular flexibility index (Phi) is 5.83. The summed E-state index contributed by atoms with van der Waals surface area (Å²) in [6, 6.07) is 12.1. The van der Waals surface area contributed by atoms with Crippen LogP contribution in [-0.4, -0.2) is 53.9 Å². The van der Waals surface area contributed by atoms with Gasteiger partial charge in [-0.1, -0.05) is 18.2 Å². The van der Waals surface area contributed by atoms with E-state index in [9.17, 15) is 14.9 Å². The molecule has 1 aliphatic heterocycles. The van der Waals surface area contributed by atoms with Crippen LogP contribution in [0.15, 0.2) is 42.5 Å². The van der Waals surface area contributed by atoms with Crippen LogP contribution in [0.5, 0.6) is 0 Å². The average Bonchev–Trinajstić information content (AvgIpc) is 2.64. The summed E-state index contributed by atoms with van der Waals surface area (Å²) in [5.41, 5.74) is 2.75. The molecule has 1 aliphatic rings. The van der Waals surface area contributed by atoms with Gasteiger partial charge in [0.05, 0.1) is 4.92 Å². The average molecular weight is 368 g/mol. The van der Waals surface area contributed by atoms with Crippen molar-refractivity contribution in [3.63, 3.8) is 0 Å². The lowest BCUT2D eigenvalue weighted by molar-refractivity contribution is -0.384. The number of nitrogens with one attached hydrogen (secondary N) is 1. The van der Waals surface area contributed by atoms with Gasteiger partial charge in [-0.3, -0.25) is 19.8 Å². The van der Waals surface area contributed by atoms with Crippen LogP contribution >= 0.6 is 0 Å². The molecule has 0 spiro atoms. The minimum Gasteiger partial charge on any atom is -0.322 e. The minimum absolute atomic E-state index is 0.0884. The number of nitro benzene ring substituents is 1. The smallest absolute Gasteiger partial charge is 0.270 e. The van der Waals surface area contributed by atoms with Crippen molar-refractivity contribution in [3.8, 4) is 0 Å². The maximum atomic E-state index is 12.6. The first-order chi connectivity index (χ1) is 12.9. The second-order valence-corrected chi connectivity index (χ2v) is 6.99. The van der Waals surface area contributed by atoms with Crippen LogP contribution in [0, 0.1) is 17.0 Å². The standard InChI is InChI=1S/C20H24N4O3/c1-15-6-7-18(24(26)27)13-19(15)20(25)21-17-5-3-4-16(12-17)14-23-10-8-22(2)9-11-23/h3-7,12-13H,8-11,14H2,1-2H3,(H,21,25). The summed E-state index contributed by atoms with van der Waals surface area (Å²) in [6.45, 7) is 6.78. The van der Waals surface area contributed by atoms with E-state index in [0.29, 0.717) is 16.8 Å². The third-order valence-corrected chi connectivity index (χ3v) is 4.86. The number of likely N-dealkylation sites (N-methyl/N-ethyl adjacent to an activating group) is 1. The molecule has 1 saturated heterocycles. The summed E-state index contributed by atoms with van der Waals surface area (Å²) in [4.78, 5) is 27.8. The zero-order valence-corrected chi connectivity index (χ0v) is 15.6. The molecule has 0 saturated carbocycles. The molecular weight excluding hydrogens is 344 g/mol. The predicted octanol–water partition coefficient (Wildman–Crippen LogP) is 2.90. The molecule has 2 aromatic carbocycles. The number of benzene rings is 2. The number of aryl methyl sites for hydroxylation is 1. The van der Waals surface area contributed by atoms with Gasteiger partial charge >= 0.3 is 0 Å². The maximum Gasteiger partial charge on any atom is 0.270 e. The van der Waals surface area contributed by atoms with Gasteiger partial charge < -0.3 is 10.2 Å². The fourth-order valence-electron chi connectivity index (χ4n) is 3.18. The fraction of sp³-hybridized carbons (Fsp3) is 0.350. The van der Waals surface area contributed by atoms with Gasteiger partial charge in [-0.15, -0.1) is 0 Å². The number of piperazine rings is 1. The Hall–Kier alpha value is -2.77. The Labute approximate surface area is 158 Å². The predicted molar refractivity (Wildman–Crippen MR) is 105 cm³/mol. The van der Waals surface area contributed by atoms with E-state index in [2.05, 4.69) is 22.2 Å². The Morgan fingerprint density at radius 3 is 2.59 bits per heavy atom. The third-order valence-electron chi connectivity index (χ3n) is 4.86. The molecule has 0 unspecified atom stereocenters. The SMILES string of the molecule is Cc1ccc([N+](=O)[O-])cc1C(=O)Nc1cccc(CN2CCN(C)CC2)c1. The number of nitro groups is 1. The Balaban J connectivity index is 1.70. The normalized spacial score (nSPS) is 15.5. The number of anilines is 1. The first-order valence-corrected chi connectivity index (χ1v) is 8.98. The second kappa shape index (κ2) is 8.28. The van der Waals surface area contributed by atoms with E-state index in [1.54, 1.807) is 13.0 Å². The van der Waals surface area contributed by atoms with Crippen molar-refractivity contribution in [1.82, 2.24) is 9.80 Å². The van der Waals surface area contributed by atoms with Crippen molar-refractivity contribution >= 4 is 17.3 Å². The van der Waals surface area contributed by atoms with Gasteiger partial charge in [-0.05, 0) is 37.2 Å². The summed E-state index contributed by atoms with van der Waals surface area (Å²) in [7, 11) is 2.13. The van der Waals surface area contributed by atoms with Gasteiger partial charge in [0.2, 0.25) is 0 Å². The number of rotatable bonds is 5. The lowest BCUT2D eigenvalue weighted by Gasteiger charge is -2.32. The highest BCUT2D eigenvalue weighted by Crippen LogP contribution is 2.20. The summed E-state index contributed by atoms with van der Waals surface area (Å²) >= 11 is 0. The van der Waals surface area contributed by atoms with Crippen molar-refractivity contribution in [2.75, 3.05) is 38.5 Å². The van der Waals surface area contributed by atoms with Crippen molar-refractivity contribution in [3.05, 3.63) is 69.3 Å². The van der Waals surface area contributed by atoms with Crippen molar-refractivity contribution in [2.45, 2.75) is 13.5 Å². The second-order valence-electron chi connectivity index (χ2n) is 6.99. The summed E-state index contributed by atoms with van der Waals surface area (Å²) in [6.07, 6.45) is 0. The zero-order valence-electron chi connectivity index (χ0n) is 15.6. The molecule has 7 nitrogen and oxygen atoms in total. The monoisotopic (exact) mass is 368 g/mol. The number of hydrogen-bond donors (Lipinski definition) is 1. The largest absolute Gasteiger partial charge is 0.322 e. The van der Waals surface area contributed by atoms with Crippen LogP contribution in [-0.2, 0) is 6.54 Å². The topological polar surface area (TPSA) is 78.7 Å². The molecule has 7 heteroatoms. The van der Waals surface area contributed by atoms with Crippen molar-refractivity contribution in [1.29, 1.82) is 0 Å². The molecule has 1 heterocycles. The van der Waals surface area contributed by atoms with Crippen LogP contribution in [0.4, 0.5) is 11.4 Å². The molecule has 1 fully saturated rings. The van der Waals surface area contributed by atoms with E-state index < -0.39 is 4.92 Å². The van der Waals surface area contributed by atoms with E-state index >= 15 is 0 Å². The van der Waals surface area contributed by atoms with Gasteiger partial charge in [-0.25, -0.2) is 0 Å². The first kappa shape index (κ1) is 19.0. The first-order valence-electron chi connectivity index (χ1n) is 8.98. The van der Waals surface area contributed by atoms with Gasteiger partial charge in [-0.2, -0.15) is 0 Å². The van der Waals surface area contributed by atoms with E-state index in [-0.39, 0.29) is 11.6 Å². The number of non-ortho nitro benzene ring substituents is 1. The van der Waals surface area contributed by atoms with Crippen LogP contribution in [0.1, 0.15) is 21.5 Å². The van der Waals surface area contributed by atoms with Crippen LogP contribution in [0.25, 0.3) is 0 Å². The van der Waals surface area contributed by atoms with Gasteiger partial charge in [0, 0.05) is 56.1 Å². The van der Waals surface area contributed by atoms with Crippen molar-refractivity contribution < 1.29 is 9.72 Å². The highest BCUT2D eigenvalue weighted by atomic mass is 16.6. The van der Waals surface area contributed by atoms with E-state index in [4.69, 9.17) is 0 Å². The van der Waals surface area contributed by atoms with Gasteiger partial charge in [0.1, 0.15) is 0 Å². The Morgan fingerprint density at radius 2 is 1.89 bits per heavy atom. The number of hydrogen-bond acceptors (Lipinski definition) is 5. The highest BCUT2D eigenvalue weighted by Gasteiger charge is 2.16. The van der Waals surface area contributed by atoms with Crippen molar-refractivity contribution in [2.24, 2.45) is 0 Å². The van der Waals surface area contributed by atoms with E-state index in [0.717, 1.165) is 38.3 Å². The van der Waals surface area contributed by atoms with Gasteiger partial charge in [0.15, 0.2) is 0 Å². The minimum atomic E-state index is -0.493. The number of carbonyl (C=O) groups excluding carboxylic acids is 1. The Morgan fingerprint density at radius 1 is 1.15 bits per heavy atom. The number of amides is 1. The molecule has 0 atom stereocenters. The molecule has 0 aliphatic carbocycles. The van der Waals surface area contributed by atoms with Crippen LogP contribution < -0.4 is 5.32 Å². The molecule has 0 aromatic heterocycles. The summed E-state index contributed by atoms with van der Waals surface area (Å²) < 4.78 is 0. The molecule has 1 amide bonds. The molecule has 2 aromatic rings. The van der Waals surface area contributed by atoms with Crippen LogP contribution in [0.2, 0.25) is 0 Å². The fourth-order valence-corrected chi connectivity index (χ4v) is 3.18. The quantitative estimate of drug-likeness (QED) is 0.648. The third kappa shape index (κ3) is 4.90. The maximum absolute atomic E-state index is 12.6. The van der Waals surface area contributed by atoms with Crippen LogP contribution in [0.3, 0.4) is 0 Å². The lowest BCUT2D eigenvalue weighted by Crippen LogP contribution is -2.43. The summed E-state index contributed by atoms with van der Waals surface area (Å²) in [5, 5.41) is 13.8. The molecule has 0 bridgehead atoms. The molecular formula is C20H24N4O3. The number of carbonyl (C=O) groups is 1.